The molecule has 0 radical (unpaired) electrons. The summed E-state index contributed by atoms with van der Waals surface area (Å²) in [6.45, 7) is 3.74. The van der Waals surface area contributed by atoms with E-state index in [1.54, 1.807) is 23.5 Å². The molecule has 100 valence electrons. The third-order valence-electron chi connectivity index (χ3n) is 3.11. The van der Waals surface area contributed by atoms with Gasteiger partial charge in [-0.3, -0.25) is 10.1 Å². The number of nitrogens with one attached hydrogen (secondary N) is 1. The van der Waals surface area contributed by atoms with E-state index in [1.165, 1.54) is 4.88 Å². The molecule has 1 N–H and O–H groups in total. The van der Waals surface area contributed by atoms with Crippen LogP contribution in [0.2, 0.25) is 0 Å². The van der Waals surface area contributed by atoms with Gasteiger partial charge in [-0.05, 0) is 26.1 Å². The molecule has 19 heavy (non-hydrogen) atoms. The highest BCUT2D eigenvalue weighted by atomic mass is 32.1. The van der Waals surface area contributed by atoms with Crippen LogP contribution in [-0.2, 0) is 13.0 Å². The van der Waals surface area contributed by atoms with E-state index in [1.807, 2.05) is 6.92 Å². The highest BCUT2D eigenvalue weighted by Crippen LogP contribution is 2.28. The maximum Gasteiger partial charge on any atom is 0.293 e. The first-order valence-electron chi connectivity index (χ1n) is 6.17. The van der Waals surface area contributed by atoms with Gasteiger partial charge in [0.1, 0.15) is 5.76 Å². The molecule has 1 amide bonds. The van der Waals surface area contributed by atoms with Crippen LogP contribution >= 0.6 is 11.3 Å². The van der Waals surface area contributed by atoms with Crippen molar-refractivity contribution in [2.75, 3.05) is 18.9 Å². The average Bonchev–Trinajstić information content (AvgIpc) is 2.94. The summed E-state index contributed by atoms with van der Waals surface area (Å²) in [7, 11) is 2.09. The van der Waals surface area contributed by atoms with Crippen LogP contribution in [-0.4, -0.2) is 29.4 Å². The number of fused-ring (bicyclic) bond motifs is 1. The Morgan fingerprint density at radius 2 is 2.37 bits per heavy atom. The van der Waals surface area contributed by atoms with Crippen molar-refractivity contribution in [1.29, 1.82) is 0 Å². The molecular weight excluding hydrogens is 262 g/mol. The molecule has 0 saturated carbocycles. The Labute approximate surface area is 115 Å². The molecule has 0 aliphatic carbocycles. The van der Waals surface area contributed by atoms with Crippen LogP contribution in [0.15, 0.2) is 16.5 Å². The Morgan fingerprint density at radius 1 is 1.53 bits per heavy atom. The molecule has 0 spiro atoms. The van der Waals surface area contributed by atoms with E-state index in [0.717, 1.165) is 31.0 Å². The molecule has 2 aromatic heterocycles. The molecule has 2 aromatic rings. The van der Waals surface area contributed by atoms with Crippen molar-refractivity contribution < 1.29 is 9.21 Å². The van der Waals surface area contributed by atoms with Gasteiger partial charge in [-0.2, -0.15) is 0 Å². The number of aromatic nitrogens is 1. The number of rotatable bonds is 2. The SMILES string of the molecule is Cc1ccc(C(=O)Nc2nc3c(s2)CN(C)CC3)o1. The number of furan rings is 1. The van der Waals surface area contributed by atoms with E-state index in [9.17, 15) is 4.79 Å². The summed E-state index contributed by atoms with van der Waals surface area (Å²) in [5.41, 5.74) is 1.11. The van der Waals surface area contributed by atoms with E-state index in [4.69, 9.17) is 4.42 Å². The summed E-state index contributed by atoms with van der Waals surface area (Å²) < 4.78 is 5.29. The number of carbonyl (C=O) groups is 1. The van der Waals surface area contributed by atoms with Crippen molar-refractivity contribution in [3.05, 3.63) is 34.2 Å². The summed E-state index contributed by atoms with van der Waals surface area (Å²) in [4.78, 5) is 19.9. The maximum atomic E-state index is 12.0. The van der Waals surface area contributed by atoms with Crippen molar-refractivity contribution in [2.24, 2.45) is 0 Å². The molecule has 6 heteroatoms. The normalized spacial score (nSPS) is 15.3. The number of amides is 1. The van der Waals surface area contributed by atoms with Crippen molar-refractivity contribution in [3.63, 3.8) is 0 Å². The molecule has 0 unspecified atom stereocenters. The molecule has 1 aliphatic rings. The van der Waals surface area contributed by atoms with Crippen molar-refractivity contribution in [1.82, 2.24) is 9.88 Å². The summed E-state index contributed by atoms with van der Waals surface area (Å²) in [5.74, 6) is 0.806. The van der Waals surface area contributed by atoms with Crippen LogP contribution in [0.5, 0.6) is 0 Å². The zero-order valence-corrected chi connectivity index (χ0v) is 11.7. The zero-order chi connectivity index (χ0) is 13.4. The Hall–Kier alpha value is -1.66. The van der Waals surface area contributed by atoms with Gasteiger partial charge >= 0.3 is 0 Å². The largest absolute Gasteiger partial charge is 0.456 e. The predicted molar refractivity (Wildman–Crippen MR) is 73.6 cm³/mol. The fraction of sp³-hybridized carbons (Fsp3) is 0.385. The lowest BCUT2D eigenvalue weighted by Gasteiger charge is -2.20. The molecule has 3 heterocycles. The molecule has 0 fully saturated rings. The van der Waals surface area contributed by atoms with Gasteiger partial charge in [-0.15, -0.1) is 11.3 Å². The third-order valence-corrected chi connectivity index (χ3v) is 4.10. The van der Waals surface area contributed by atoms with Crippen LogP contribution in [0, 0.1) is 6.92 Å². The molecule has 3 rings (SSSR count). The standard InChI is InChI=1S/C13H15N3O2S/c1-8-3-4-10(18-8)12(17)15-13-14-9-5-6-16(2)7-11(9)19-13/h3-4H,5-7H2,1-2H3,(H,14,15,17). The highest BCUT2D eigenvalue weighted by molar-refractivity contribution is 7.15. The van der Waals surface area contributed by atoms with Crippen molar-refractivity contribution >= 4 is 22.4 Å². The fourth-order valence-corrected chi connectivity index (χ4v) is 3.18. The topological polar surface area (TPSA) is 58.4 Å². The van der Waals surface area contributed by atoms with E-state index in [-0.39, 0.29) is 5.91 Å². The van der Waals surface area contributed by atoms with Gasteiger partial charge in [0.25, 0.3) is 5.91 Å². The Bertz CT molecular complexity index is 617. The van der Waals surface area contributed by atoms with Gasteiger partial charge in [-0.1, -0.05) is 0 Å². The molecule has 0 aromatic carbocycles. The molecule has 1 aliphatic heterocycles. The second-order valence-electron chi connectivity index (χ2n) is 4.74. The lowest BCUT2D eigenvalue weighted by molar-refractivity contribution is 0.0995. The lowest BCUT2D eigenvalue weighted by Crippen LogP contribution is -2.25. The predicted octanol–water partition coefficient (Wildman–Crippen LogP) is 2.28. The number of thiazole rings is 1. The Balaban J connectivity index is 1.75. The Morgan fingerprint density at radius 3 is 3.11 bits per heavy atom. The molecular formula is C13H15N3O2S. The monoisotopic (exact) mass is 277 g/mol. The van der Waals surface area contributed by atoms with E-state index >= 15 is 0 Å². The van der Waals surface area contributed by atoms with Gasteiger partial charge in [0, 0.05) is 24.4 Å². The minimum atomic E-state index is -0.243. The van der Waals surface area contributed by atoms with Crippen LogP contribution in [0.4, 0.5) is 5.13 Å². The second-order valence-corrected chi connectivity index (χ2v) is 5.82. The van der Waals surface area contributed by atoms with Gasteiger partial charge in [0.2, 0.25) is 0 Å². The van der Waals surface area contributed by atoms with E-state index < -0.39 is 0 Å². The number of likely N-dealkylation sites (N-methyl/N-ethyl adjacent to an activating group) is 1. The maximum absolute atomic E-state index is 12.0. The van der Waals surface area contributed by atoms with E-state index in [0.29, 0.717) is 10.9 Å². The van der Waals surface area contributed by atoms with Gasteiger partial charge in [-0.25, -0.2) is 4.98 Å². The number of hydrogen-bond acceptors (Lipinski definition) is 5. The second kappa shape index (κ2) is 4.79. The van der Waals surface area contributed by atoms with Crippen LogP contribution in [0.1, 0.15) is 26.9 Å². The smallest absolute Gasteiger partial charge is 0.293 e. The number of hydrogen-bond donors (Lipinski definition) is 1. The zero-order valence-electron chi connectivity index (χ0n) is 10.9. The molecule has 5 nitrogen and oxygen atoms in total. The summed E-state index contributed by atoms with van der Waals surface area (Å²) in [5, 5.41) is 3.45. The van der Waals surface area contributed by atoms with Crippen LogP contribution in [0.3, 0.4) is 0 Å². The molecule has 0 atom stereocenters. The van der Waals surface area contributed by atoms with Gasteiger partial charge in [0.05, 0.1) is 5.69 Å². The first-order valence-corrected chi connectivity index (χ1v) is 6.98. The minimum Gasteiger partial charge on any atom is -0.456 e. The third kappa shape index (κ3) is 2.54. The Kier molecular flexibility index (Phi) is 3.12. The summed E-state index contributed by atoms with van der Waals surface area (Å²) >= 11 is 1.54. The van der Waals surface area contributed by atoms with Crippen LogP contribution in [0.25, 0.3) is 0 Å². The number of carbonyl (C=O) groups excluding carboxylic acids is 1. The quantitative estimate of drug-likeness (QED) is 0.915. The fourth-order valence-electron chi connectivity index (χ4n) is 2.09. The van der Waals surface area contributed by atoms with Crippen LogP contribution < -0.4 is 5.32 Å². The van der Waals surface area contributed by atoms with E-state index in [2.05, 4.69) is 22.2 Å². The summed E-state index contributed by atoms with van der Waals surface area (Å²) in [6, 6.07) is 3.45. The lowest BCUT2D eigenvalue weighted by atomic mass is 10.2. The first kappa shape index (κ1) is 12.4. The highest BCUT2D eigenvalue weighted by Gasteiger charge is 2.20. The average molecular weight is 277 g/mol. The van der Waals surface area contributed by atoms with Gasteiger partial charge < -0.3 is 9.32 Å². The van der Waals surface area contributed by atoms with Crippen molar-refractivity contribution in [3.8, 4) is 0 Å². The number of aryl methyl sites for hydroxylation is 1. The summed E-state index contributed by atoms with van der Waals surface area (Å²) in [6.07, 6.45) is 0.943. The number of anilines is 1. The first-order chi connectivity index (χ1) is 9.11. The molecule has 0 saturated heterocycles. The molecule has 0 bridgehead atoms. The van der Waals surface area contributed by atoms with Crippen molar-refractivity contribution in [2.45, 2.75) is 19.9 Å². The van der Waals surface area contributed by atoms with Gasteiger partial charge in [0.15, 0.2) is 10.9 Å². The number of nitrogens with zero attached hydrogens (tertiary/aromatic N) is 2. The minimum absolute atomic E-state index is 0.243.